The van der Waals surface area contributed by atoms with Crippen molar-refractivity contribution >= 4 is 22.7 Å². The first-order chi connectivity index (χ1) is 11.8. The van der Waals surface area contributed by atoms with E-state index in [1.165, 1.54) is 12.1 Å². The highest BCUT2D eigenvalue weighted by molar-refractivity contribution is 7.98. The second-order valence-corrected chi connectivity index (χ2v) is 9.89. The molecule has 0 saturated carbocycles. The first kappa shape index (κ1) is 20.8. The third kappa shape index (κ3) is 6.32. The molecule has 2 rings (SSSR count). The number of thioether (sulfide) groups is 1. The normalized spacial score (nSPS) is 18.9. The molecule has 1 saturated heterocycles. The van der Waals surface area contributed by atoms with Gasteiger partial charge in [0.1, 0.15) is 5.82 Å². The van der Waals surface area contributed by atoms with Crippen LogP contribution < -0.4 is 4.72 Å². The van der Waals surface area contributed by atoms with Gasteiger partial charge in [-0.05, 0) is 63.6 Å². The van der Waals surface area contributed by atoms with E-state index in [-0.39, 0.29) is 18.1 Å². The molecule has 0 aromatic heterocycles. The number of hydrogen-bond donors (Lipinski definition) is 1. The highest BCUT2D eigenvalue weighted by atomic mass is 32.2. The molecule has 1 aromatic carbocycles. The van der Waals surface area contributed by atoms with Crippen LogP contribution in [-0.2, 0) is 20.5 Å². The summed E-state index contributed by atoms with van der Waals surface area (Å²) in [4.78, 5) is 0.982. The van der Waals surface area contributed by atoms with E-state index in [2.05, 4.69) is 4.72 Å². The molecule has 142 valence electrons. The van der Waals surface area contributed by atoms with Gasteiger partial charge in [0, 0.05) is 17.4 Å². The number of benzene rings is 1. The van der Waals surface area contributed by atoms with E-state index in [4.69, 9.17) is 9.47 Å². The molecule has 1 heterocycles. The highest BCUT2D eigenvalue weighted by Crippen LogP contribution is 2.31. The van der Waals surface area contributed by atoms with Crippen LogP contribution in [0.15, 0.2) is 23.1 Å². The molecule has 1 aliphatic rings. The molecule has 1 aliphatic heterocycles. The molecule has 4 nitrogen and oxygen atoms in total. The Bertz CT molecular complexity index is 586. The fourth-order valence-electron chi connectivity index (χ4n) is 2.57. The summed E-state index contributed by atoms with van der Waals surface area (Å²) in [5.74, 6) is -0.286. The summed E-state index contributed by atoms with van der Waals surface area (Å²) in [7, 11) is -1.25. The summed E-state index contributed by atoms with van der Waals surface area (Å²) in [5.41, 5.74) is 0.834. The molecule has 1 fully saturated rings. The molecule has 7 heteroatoms. The van der Waals surface area contributed by atoms with Gasteiger partial charge in [0.25, 0.3) is 0 Å². The quantitative estimate of drug-likeness (QED) is 0.711. The Hall–Kier alpha value is -0.470. The van der Waals surface area contributed by atoms with Crippen molar-refractivity contribution in [1.82, 2.24) is 4.72 Å². The van der Waals surface area contributed by atoms with Gasteiger partial charge in [0.05, 0.1) is 28.9 Å². The zero-order chi connectivity index (χ0) is 18.4. The lowest BCUT2D eigenvalue weighted by Crippen LogP contribution is -2.36. The van der Waals surface area contributed by atoms with Gasteiger partial charge in [-0.1, -0.05) is 0 Å². The van der Waals surface area contributed by atoms with Crippen molar-refractivity contribution in [2.75, 3.05) is 19.5 Å². The SMILES string of the molecule is CSc1ccc(F)cc1[C@@H](CCC1OCCCO1)N[S@](=O)C(C)(C)C. The second kappa shape index (κ2) is 9.46. The van der Waals surface area contributed by atoms with Crippen LogP contribution in [-0.4, -0.2) is 34.7 Å². The number of halogens is 1. The van der Waals surface area contributed by atoms with Crippen LogP contribution in [0.4, 0.5) is 4.39 Å². The summed E-state index contributed by atoms with van der Waals surface area (Å²) in [6.07, 6.45) is 3.95. The third-order valence-electron chi connectivity index (χ3n) is 3.96. The topological polar surface area (TPSA) is 47.6 Å². The minimum absolute atomic E-state index is 0.229. The Balaban J connectivity index is 2.18. The smallest absolute Gasteiger partial charge is 0.157 e. The van der Waals surface area contributed by atoms with Crippen molar-refractivity contribution in [1.29, 1.82) is 0 Å². The fraction of sp³-hybridized carbons (Fsp3) is 0.667. The second-order valence-electron chi connectivity index (χ2n) is 7.04. The average Bonchev–Trinajstić information content (AvgIpc) is 2.58. The van der Waals surface area contributed by atoms with Crippen molar-refractivity contribution in [2.45, 2.75) is 62.0 Å². The van der Waals surface area contributed by atoms with Gasteiger partial charge in [-0.2, -0.15) is 0 Å². The molecule has 0 amide bonds. The first-order valence-electron chi connectivity index (χ1n) is 8.56. The number of hydrogen-bond acceptors (Lipinski definition) is 4. The Morgan fingerprint density at radius 3 is 2.64 bits per heavy atom. The fourth-order valence-corrected chi connectivity index (χ4v) is 4.07. The highest BCUT2D eigenvalue weighted by Gasteiger charge is 2.26. The zero-order valence-electron chi connectivity index (χ0n) is 15.3. The molecule has 1 aromatic rings. The maximum absolute atomic E-state index is 13.8. The van der Waals surface area contributed by atoms with Gasteiger partial charge in [-0.3, -0.25) is 0 Å². The van der Waals surface area contributed by atoms with Gasteiger partial charge in [-0.25, -0.2) is 13.3 Å². The molecule has 25 heavy (non-hydrogen) atoms. The van der Waals surface area contributed by atoms with Crippen LogP contribution in [0.25, 0.3) is 0 Å². The van der Waals surface area contributed by atoms with Crippen molar-refractivity contribution in [2.24, 2.45) is 0 Å². The zero-order valence-corrected chi connectivity index (χ0v) is 17.0. The maximum Gasteiger partial charge on any atom is 0.157 e. The molecule has 1 N–H and O–H groups in total. The van der Waals surface area contributed by atoms with Crippen molar-refractivity contribution in [3.8, 4) is 0 Å². The lowest BCUT2D eigenvalue weighted by molar-refractivity contribution is -0.182. The molecular weight excluding hydrogens is 361 g/mol. The van der Waals surface area contributed by atoms with Crippen LogP contribution in [0, 0.1) is 5.82 Å². The molecule has 2 atom stereocenters. The summed E-state index contributed by atoms with van der Waals surface area (Å²) >= 11 is 1.56. The van der Waals surface area contributed by atoms with Crippen LogP contribution in [0.5, 0.6) is 0 Å². The molecular formula is C18H28FNO3S2. The van der Waals surface area contributed by atoms with Crippen LogP contribution in [0.2, 0.25) is 0 Å². The lowest BCUT2D eigenvalue weighted by Gasteiger charge is -2.28. The Morgan fingerprint density at radius 2 is 2.04 bits per heavy atom. The van der Waals surface area contributed by atoms with E-state index in [9.17, 15) is 8.60 Å². The van der Waals surface area contributed by atoms with Crippen molar-refractivity contribution < 1.29 is 18.1 Å². The molecule has 0 bridgehead atoms. The number of ether oxygens (including phenoxy) is 2. The van der Waals surface area contributed by atoms with Crippen LogP contribution in [0.3, 0.4) is 0 Å². The van der Waals surface area contributed by atoms with Crippen molar-refractivity contribution in [3.05, 3.63) is 29.6 Å². The van der Waals surface area contributed by atoms with E-state index in [1.54, 1.807) is 17.8 Å². The number of nitrogens with one attached hydrogen (secondary N) is 1. The first-order valence-corrected chi connectivity index (χ1v) is 10.9. The standard InChI is InChI=1S/C18H28FNO3S2/c1-18(2,3)25(21)20-15(7-9-17-22-10-5-11-23-17)14-12-13(19)6-8-16(14)24-4/h6,8,12,15,17,20H,5,7,9-11H2,1-4H3/t15-,25-/m1/s1. The molecule has 0 unspecified atom stereocenters. The molecule has 0 radical (unpaired) electrons. The molecule has 0 spiro atoms. The monoisotopic (exact) mass is 389 g/mol. The Labute approximate surface area is 156 Å². The van der Waals surface area contributed by atoms with E-state index in [1.807, 2.05) is 27.0 Å². The Kier molecular flexibility index (Phi) is 7.89. The summed E-state index contributed by atoms with van der Waals surface area (Å²) in [5, 5.41) is 0. The summed E-state index contributed by atoms with van der Waals surface area (Å²) in [6.45, 7) is 7.16. The predicted octanol–water partition coefficient (Wildman–Crippen LogP) is 4.18. The average molecular weight is 390 g/mol. The van der Waals surface area contributed by atoms with E-state index in [0.29, 0.717) is 26.1 Å². The van der Waals surface area contributed by atoms with Gasteiger partial charge >= 0.3 is 0 Å². The van der Waals surface area contributed by atoms with E-state index >= 15 is 0 Å². The van der Waals surface area contributed by atoms with E-state index in [0.717, 1.165) is 16.9 Å². The van der Waals surface area contributed by atoms with Gasteiger partial charge in [0.15, 0.2) is 6.29 Å². The lowest BCUT2D eigenvalue weighted by atomic mass is 10.0. The maximum atomic E-state index is 13.8. The van der Waals surface area contributed by atoms with Gasteiger partial charge < -0.3 is 9.47 Å². The summed E-state index contributed by atoms with van der Waals surface area (Å²) in [6, 6.07) is 4.54. The minimum atomic E-state index is -1.25. The summed E-state index contributed by atoms with van der Waals surface area (Å²) < 4.78 is 40.5. The predicted molar refractivity (Wildman–Crippen MR) is 101 cm³/mol. The van der Waals surface area contributed by atoms with Crippen molar-refractivity contribution in [3.63, 3.8) is 0 Å². The van der Waals surface area contributed by atoms with Crippen LogP contribution in [0.1, 0.15) is 51.6 Å². The minimum Gasteiger partial charge on any atom is -0.353 e. The third-order valence-corrected chi connectivity index (χ3v) is 6.38. The molecule has 0 aliphatic carbocycles. The number of rotatable bonds is 7. The largest absolute Gasteiger partial charge is 0.353 e. The van der Waals surface area contributed by atoms with Gasteiger partial charge in [0.2, 0.25) is 0 Å². The van der Waals surface area contributed by atoms with Gasteiger partial charge in [-0.15, -0.1) is 11.8 Å². The van der Waals surface area contributed by atoms with Crippen LogP contribution >= 0.6 is 11.8 Å². The van der Waals surface area contributed by atoms with E-state index < -0.39 is 15.7 Å². The Morgan fingerprint density at radius 1 is 1.36 bits per heavy atom.